The summed E-state index contributed by atoms with van der Waals surface area (Å²) in [5, 5.41) is -0.465. The first-order valence-corrected chi connectivity index (χ1v) is 8.21. The van der Waals surface area contributed by atoms with E-state index >= 15 is 0 Å². The Kier molecular flexibility index (Phi) is 3.06. The van der Waals surface area contributed by atoms with Crippen LogP contribution in [0, 0.1) is 0 Å². The number of sulfone groups is 1. The van der Waals surface area contributed by atoms with Crippen LogP contribution < -0.4 is 5.73 Å². The molecule has 19 heavy (non-hydrogen) atoms. The molecule has 0 aromatic carbocycles. The number of imidazole rings is 1. The molecule has 1 unspecified atom stereocenters. The van der Waals surface area contributed by atoms with Gasteiger partial charge in [-0.3, -0.25) is 0 Å². The molecule has 0 aliphatic carbocycles. The van der Waals surface area contributed by atoms with E-state index in [1.807, 2.05) is 22.7 Å². The molecule has 1 aliphatic heterocycles. The SMILES string of the molecule is NCc1ccn2c(C3CCCCS3(=O)=O)ncc2c1. The molecule has 1 aliphatic rings. The third-order valence-electron chi connectivity index (χ3n) is 3.73. The largest absolute Gasteiger partial charge is 0.326 e. The first kappa shape index (κ1) is 12.6. The molecule has 1 saturated heterocycles. The highest BCUT2D eigenvalue weighted by atomic mass is 32.2. The highest BCUT2D eigenvalue weighted by Gasteiger charge is 2.33. The molecule has 0 amide bonds. The zero-order valence-electron chi connectivity index (χ0n) is 10.6. The lowest BCUT2D eigenvalue weighted by Crippen LogP contribution is -2.23. The van der Waals surface area contributed by atoms with Crippen LogP contribution in [-0.4, -0.2) is 23.6 Å². The summed E-state index contributed by atoms with van der Waals surface area (Å²) in [6, 6.07) is 3.86. The van der Waals surface area contributed by atoms with Gasteiger partial charge in [0.1, 0.15) is 11.1 Å². The quantitative estimate of drug-likeness (QED) is 0.902. The fourth-order valence-electron chi connectivity index (χ4n) is 2.68. The van der Waals surface area contributed by atoms with Gasteiger partial charge in [-0.05, 0) is 30.5 Å². The fourth-order valence-corrected chi connectivity index (χ4v) is 4.59. The van der Waals surface area contributed by atoms with E-state index in [0.29, 0.717) is 18.8 Å². The van der Waals surface area contributed by atoms with Gasteiger partial charge in [-0.2, -0.15) is 0 Å². The van der Waals surface area contributed by atoms with Crippen LogP contribution in [0.4, 0.5) is 0 Å². The molecule has 3 heterocycles. The van der Waals surface area contributed by atoms with E-state index in [1.165, 1.54) is 0 Å². The van der Waals surface area contributed by atoms with E-state index in [1.54, 1.807) is 6.20 Å². The Morgan fingerprint density at radius 3 is 3.00 bits per heavy atom. The number of nitrogens with zero attached hydrogens (tertiary/aromatic N) is 2. The number of nitrogens with two attached hydrogens (primary N) is 1. The van der Waals surface area contributed by atoms with Crippen LogP contribution in [0.25, 0.3) is 5.52 Å². The molecule has 1 fully saturated rings. The average molecular weight is 279 g/mol. The van der Waals surface area contributed by atoms with Crippen molar-refractivity contribution in [3.8, 4) is 0 Å². The number of rotatable bonds is 2. The van der Waals surface area contributed by atoms with Crippen molar-refractivity contribution in [1.29, 1.82) is 0 Å². The van der Waals surface area contributed by atoms with Gasteiger partial charge in [0.2, 0.25) is 0 Å². The first-order valence-electron chi connectivity index (χ1n) is 6.49. The van der Waals surface area contributed by atoms with Gasteiger partial charge in [-0.25, -0.2) is 13.4 Å². The standard InChI is InChI=1S/C13H17N3O2S/c14-8-10-4-5-16-11(7-10)9-15-13(16)12-3-1-2-6-19(12,17)18/h4-5,7,9,12H,1-3,6,8,14H2. The molecular weight excluding hydrogens is 262 g/mol. The zero-order chi connectivity index (χ0) is 13.5. The van der Waals surface area contributed by atoms with Crippen LogP contribution in [0.2, 0.25) is 0 Å². The summed E-state index contributed by atoms with van der Waals surface area (Å²) in [6.07, 6.45) is 5.96. The smallest absolute Gasteiger partial charge is 0.160 e. The summed E-state index contributed by atoms with van der Waals surface area (Å²) < 4.78 is 26.2. The molecule has 2 N–H and O–H groups in total. The Balaban J connectivity index is 2.10. The van der Waals surface area contributed by atoms with Crippen molar-refractivity contribution in [3.63, 3.8) is 0 Å². The number of pyridine rings is 1. The number of hydrogen-bond acceptors (Lipinski definition) is 4. The maximum absolute atomic E-state index is 12.2. The van der Waals surface area contributed by atoms with Gasteiger partial charge >= 0.3 is 0 Å². The Hall–Kier alpha value is -1.40. The molecule has 0 bridgehead atoms. The molecule has 102 valence electrons. The lowest BCUT2D eigenvalue weighted by molar-refractivity contribution is 0.538. The number of aromatic nitrogens is 2. The van der Waals surface area contributed by atoms with Crippen LogP contribution in [-0.2, 0) is 16.4 Å². The van der Waals surface area contributed by atoms with Gasteiger partial charge in [0.05, 0.1) is 17.5 Å². The van der Waals surface area contributed by atoms with Crippen LogP contribution >= 0.6 is 0 Å². The minimum atomic E-state index is -3.06. The summed E-state index contributed by atoms with van der Waals surface area (Å²) in [7, 11) is -3.06. The topological polar surface area (TPSA) is 77.5 Å². The van der Waals surface area contributed by atoms with E-state index in [4.69, 9.17) is 5.73 Å². The second kappa shape index (κ2) is 4.61. The molecule has 0 radical (unpaired) electrons. The number of hydrogen-bond donors (Lipinski definition) is 1. The summed E-state index contributed by atoms with van der Waals surface area (Å²) >= 11 is 0. The normalized spacial score (nSPS) is 22.7. The highest BCUT2D eigenvalue weighted by molar-refractivity contribution is 7.91. The van der Waals surface area contributed by atoms with E-state index < -0.39 is 15.1 Å². The maximum atomic E-state index is 12.2. The summed E-state index contributed by atoms with van der Waals surface area (Å²) in [5.41, 5.74) is 7.53. The van der Waals surface area contributed by atoms with Crippen LogP contribution in [0.3, 0.4) is 0 Å². The van der Waals surface area contributed by atoms with Crippen molar-refractivity contribution in [2.45, 2.75) is 31.1 Å². The molecular formula is C13H17N3O2S. The van der Waals surface area contributed by atoms with Gasteiger partial charge in [0.25, 0.3) is 0 Å². The Morgan fingerprint density at radius 2 is 2.26 bits per heavy atom. The predicted molar refractivity (Wildman–Crippen MR) is 73.5 cm³/mol. The molecule has 5 nitrogen and oxygen atoms in total. The molecule has 3 rings (SSSR count). The van der Waals surface area contributed by atoms with E-state index in [2.05, 4.69) is 4.98 Å². The Morgan fingerprint density at radius 1 is 1.42 bits per heavy atom. The second-order valence-electron chi connectivity index (χ2n) is 5.00. The van der Waals surface area contributed by atoms with Gasteiger partial charge in [0.15, 0.2) is 9.84 Å². The number of fused-ring (bicyclic) bond motifs is 1. The summed E-state index contributed by atoms with van der Waals surface area (Å²) in [4.78, 5) is 4.33. The molecule has 0 spiro atoms. The fraction of sp³-hybridized carbons (Fsp3) is 0.462. The van der Waals surface area contributed by atoms with Crippen molar-refractivity contribution in [2.75, 3.05) is 5.75 Å². The predicted octanol–water partition coefficient (Wildman–Crippen LogP) is 1.43. The van der Waals surface area contributed by atoms with E-state index in [9.17, 15) is 8.42 Å². The maximum Gasteiger partial charge on any atom is 0.160 e. The molecule has 2 aromatic heterocycles. The van der Waals surface area contributed by atoms with Crippen LogP contribution in [0.1, 0.15) is 35.9 Å². The molecule has 0 saturated carbocycles. The van der Waals surface area contributed by atoms with Crippen molar-refractivity contribution >= 4 is 15.4 Å². The van der Waals surface area contributed by atoms with Crippen molar-refractivity contribution < 1.29 is 8.42 Å². The summed E-state index contributed by atoms with van der Waals surface area (Å²) in [6.45, 7) is 0.471. The molecule has 1 atom stereocenters. The summed E-state index contributed by atoms with van der Waals surface area (Å²) in [5.74, 6) is 0.909. The van der Waals surface area contributed by atoms with Gasteiger partial charge in [-0.1, -0.05) is 6.42 Å². The lowest BCUT2D eigenvalue weighted by Gasteiger charge is -2.21. The molecule has 6 heteroatoms. The van der Waals surface area contributed by atoms with E-state index in [-0.39, 0.29) is 5.75 Å². The Bertz CT molecular complexity index is 706. The second-order valence-corrected chi connectivity index (χ2v) is 7.30. The third kappa shape index (κ3) is 2.15. The monoisotopic (exact) mass is 279 g/mol. The van der Waals surface area contributed by atoms with Crippen molar-refractivity contribution in [2.24, 2.45) is 5.73 Å². The zero-order valence-corrected chi connectivity index (χ0v) is 11.4. The van der Waals surface area contributed by atoms with E-state index in [0.717, 1.165) is 23.9 Å². The minimum Gasteiger partial charge on any atom is -0.326 e. The Labute approximate surface area is 112 Å². The van der Waals surface area contributed by atoms with Gasteiger partial charge in [-0.15, -0.1) is 0 Å². The van der Waals surface area contributed by atoms with Crippen molar-refractivity contribution in [3.05, 3.63) is 35.9 Å². The molecule has 2 aromatic rings. The first-order chi connectivity index (χ1) is 9.12. The minimum absolute atomic E-state index is 0.271. The third-order valence-corrected chi connectivity index (χ3v) is 5.90. The van der Waals surface area contributed by atoms with Gasteiger partial charge in [0, 0.05) is 12.7 Å². The lowest BCUT2D eigenvalue weighted by atomic mass is 10.2. The van der Waals surface area contributed by atoms with Crippen LogP contribution in [0.5, 0.6) is 0 Å². The average Bonchev–Trinajstić information content (AvgIpc) is 2.81. The highest BCUT2D eigenvalue weighted by Crippen LogP contribution is 2.32. The van der Waals surface area contributed by atoms with Crippen molar-refractivity contribution in [1.82, 2.24) is 9.38 Å². The van der Waals surface area contributed by atoms with Crippen LogP contribution in [0.15, 0.2) is 24.5 Å². The van der Waals surface area contributed by atoms with Gasteiger partial charge < -0.3 is 10.1 Å².